The molecule has 0 saturated carbocycles. The van der Waals surface area contributed by atoms with Gasteiger partial charge in [-0.05, 0) is 11.6 Å². The second-order valence-electron chi connectivity index (χ2n) is 3.04. The van der Waals surface area contributed by atoms with Gasteiger partial charge in [0.15, 0.2) is 6.23 Å². The predicted molar refractivity (Wildman–Crippen MR) is 45.0 cm³/mol. The van der Waals surface area contributed by atoms with Gasteiger partial charge in [0.05, 0.1) is 12.2 Å². The summed E-state index contributed by atoms with van der Waals surface area (Å²) in [4.78, 5) is 20.5. The minimum atomic E-state index is -0.918. The van der Waals surface area contributed by atoms with Crippen molar-refractivity contribution in [3.8, 4) is 0 Å². The predicted octanol–water partition coefficient (Wildman–Crippen LogP) is 0.774. The normalized spacial score (nSPS) is 39.8. The first-order chi connectivity index (χ1) is 6.22. The van der Waals surface area contributed by atoms with Crippen LogP contribution in [0.2, 0.25) is 0 Å². The molecule has 4 unspecified atom stereocenters. The van der Waals surface area contributed by atoms with Gasteiger partial charge >= 0.3 is 0 Å². The van der Waals surface area contributed by atoms with Gasteiger partial charge in [-0.1, -0.05) is 12.1 Å². The monoisotopic (exact) mass is 188 g/mol. The van der Waals surface area contributed by atoms with Crippen LogP contribution < -0.4 is 0 Å². The summed E-state index contributed by atoms with van der Waals surface area (Å²) in [6.07, 6.45) is -1.68. The fraction of sp³-hybridized carbons (Fsp3) is 1.00. The Morgan fingerprint density at radius 1 is 1.46 bits per heavy atom. The first kappa shape index (κ1) is 10.2. The summed E-state index contributed by atoms with van der Waals surface area (Å²) < 4.78 is 5.13. The number of hydrogen-bond donors (Lipinski definition) is 1. The fourth-order valence-electron chi connectivity index (χ4n) is 1.48. The van der Waals surface area contributed by atoms with Gasteiger partial charge in [0, 0.05) is 6.42 Å². The SMILES string of the molecule is CCC1OC(N=O)CC(O)C1N=O. The molecular formula is C7H12N2O4. The van der Waals surface area contributed by atoms with Crippen LogP contribution in [0.1, 0.15) is 19.8 Å². The molecule has 1 fully saturated rings. The lowest BCUT2D eigenvalue weighted by atomic mass is 9.97. The lowest BCUT2D eigenvalue weighted by molar-refractivity contribution is -0.106. The van der Waals surface area contributed by atoms with E-state index in [2.05, 4.69) is 10.4 Å². The van der Waals surface area contributed by atoms with Crippen LogP contribution in [-0.2, 0) is 4.74 Å². The van der Waals surface area contributed by atoms with Crippen LogP contribution in [0.4, 0.5) is 0 Å². The van der Waals surface area contributed by atoms with Gasteiger partial charge in [-0.15, -0.1) is 4.91 Å². The number of hydrogen-bond acceptors (Lipinski definition) is 6. The maximum Gasteiger partial charge on any atom is 0.192 e. The Kier molecular flexibility index (Phi) is 3.44. The van der Waals surface area contributed by atoms with E-state index in [0.29, 0.717) is 6.42 Å². The Labute approximate surface area is 75.2 Å². The van der Waals surface area contributed by atoms with Crippen LogP contribution in [0.15, 0.2) is 10.4 Å². The van der Waals surface area contributed by atoms with Gasteiger partial charge in [-0.25, -0.2) is 0 Å². The van der Waals surface area contributed by atoms with E-state index in [4.69, 9.17) is 4.74 Å². The van der Waals surface area contributed by atoms with Crippen molar-refractivity contribution in [2.75, 3.05) is 0 Å². The van der Waals surface area contributed by atoms with Gasteiger partial charge in [-0.2, -0.15) is 4.91 Å². The fourth-order valence-corrected chi connectivity index (χ4v) is 1.48. The van der Waals surface area contributed by atoms with Gasteiger partial charge < -0.3 is 9.84 Å². The average molecular weight is 188 g/mol. The van der Waals surface area contributed by atoms with Crippen LogP contribution >= 0.6 is 0 Å². The van der Waals surface area contributed by atoms with Crippen molar-refractivity contribution >= 4 is 0 Å². The van der Waals surface area contributed by atoms with E-state index < -0.39 is 24.5 Å². The molecule has 1 aliphatic rings. The zero-order valence-corrected chi connectivity index (χ0v) is 7.29. The summed E-state index contributed by atoms with van der Waals surface area (Å²) in [6.45, 7) is 1.79. The summed E-state index contributed by atoms with van der Waals surface area (Å²) in [5.74, 6) is 0. The zero-order valence-electron chi connectivity index (χ0n) is 7.29. The summed E-state index contributed by atoms with van der Waals surface area (Å²) in [7, 11) is 0. The Morgan fingerprint density at radius 3 is 2.62 bits per heavy atom. The smallest absolute Gasteiger partial charge is 0.192 e. The molecule has 0 spiro atoms. The number of aliphatic hydroxyl groups is 1. The molecule has 4 atom stereocenters. The van der Waals surface area contributed by atoms with Crippen molar-refractivity contribution < 1.29 is 9.84 Å². The summed E-state index contributed by atoms with van der Waals surface area (Å²) in [5.41, 5.74) is 0. The standard InChI is InChI=1S/C7H12N2O4/c1-2-5-7(9-12)4(10)3-6(8-11)13-5/h4-7,10H,2-3H2,1H3. The van der Waals surface area contributed by atoms with Crippen molar-refractivity contribution in [1.82, 2.24) is 0 Å². The largest absolute Gasteiger partial charge is 0.390 e. The highest BCUT2D eigenvalue weighted by Gasteiger charge is 2.38. The quantitative estimate of drug-likeness (QED) is 0.662. The third-order valence-electron chi connectivity index (χ3n) is 2.19. The lowest BCUT2D eigenvalue weighted by Crippen LogP contribution is -2.46. The van der Waals surface area contributed by atoms with E-state index in [1.807, 2.05) is 0 Å². The molecule has 13 heavy (non-hydrogen) atoms. The maximum atomic E-state index is 10.3. The van der Waals surface area contributed by atoms with E-state index in [1.54, 1.807) is 6.92 Å². The molecule has 6 heteroatoms. The molecule has 0 aliphatic carbocycles. The molecular weight excluding hydrogens is 176 g/mol. The van der Waals surface area contributed by atoms with E-state index in [0.717, 1.165) is 0 Å². The minimum Gasteiger partial charge on any atom is -0.390 e. The van der Waals surface area contributed by atoms with Gasteiger partial charge in [0.1, 0.15) is 6.04 Å². The molecule has 0 aromatic rings. The topological polar surface area (TPSA) is 88.3 Å². The van der Waals surface area contributed by atoms with Crippen LogP contribution in [0.5, 0.6) is 0 Å². The summed E-state index contributed by atoms with van der Waals surface area (Å²) in [6, 6.07) is -0.775. The maximum absolute atomic E-state index is 10.3. The van der Waals surface area contributed by atoms with E-state index >= 15 is 0 Å². The zero-order chi connectivity index (χ0) is 9.84. The highest BCUT2D eigenvalue weighted by Crippen LogP contribution is 2.25. The highest BCUT2D eigenvalue weighted by molar-refractivity contribution is 4.89. The van der Waals surface area contributed by atoms with Crippen molar-refractivity contribution in [1.29, 1.82) is 0 Å². The van der Waals surface area contributed by atoms with Crippen molar-refractivity contribution in [2.45, 2.75) is 44.2 Å². The Morgan fingerprint density at radius 2 is 2.15 bits per heavy atom. The van der Waals surface area contributed by atoms with Gasteiger partial charge in [0.2, 0.25) is 0 Å². The van der Waals surface area contributed by atoms with E-state index in [9.17, 15) is 14.9 Å². The van der Waals surface area contributed by atoms with Crippen LogP contribution in [0.3, 0.4) is 0 Å². The summed E-state index contributed by atoms with van der Waals surface area (Å²) >= 11 is 0. The second-order valence-corrected chi connectivity index (χ2v) is 3.04. The minimum absolute atomic E-state index is 0.0520. The third kappa shape index (κ3) is 2.07. The number of rotatable bonds is 3. The molecule has 74 valence electrons. The summed E-state index contributed by atoms with van der Waals surface area (Å²) in [5, 5.41) is 14.9. The van der Waals surface area contributed by atoms with Crippen LogP contribution in [0.25, 0.3) is 0 Å². The number of ether oxygens (including phenoxy) is 1. The molecule has 6 nitrogen and oxygen atoms in total. The molecule has 1 heterocycles. The number of nitroso groups, excluding NO2 is 2. The van der Waals surface area contributed by atoms with E-state index in [-0.39, 0.29) is 6.42 Å². The Hall–Kier alpha value is -0.880. The molecule has 1 rings (SSSR count). The van der Waals surface area contributed by atoms with Gasteiger partial charge in [0.25, 0.3) is 0 Å². The number of nitrogens with zero attached hydrogens (tertiary/aromatic N) is 2. The van der Waals surface area contributed by atoms with Crippen molar-refractivity contribution in [2.24, 2.45) is 10.4 Å². The highest BCUT2D eigenvalue weighted by atomic mass is 16.5. The van der Waals surface area contributed by atoms with Crippen molar-refractivity contribution in [3.63, 3.8) is 0 Å². The molecule has 1 aliphatic heterocycles. The first-order valence-corrected chi connectivity index (χ1v) is 4.21. The molecule has 0 radical (unpaired) electrons. The third-order valence-corrected chi connectivity index (χ3v) is 2.19. The molecule has 1 N–H and O–H groups in total. The van der Waals surface area contributed by atoms with Crippen LogP contribution in [-0.4, -0.2) is 29.6 Å². The second kappa shape index (κ2) is 4.38. The van der Waals surface area contributed by atoms with Gasteiger partial charge in [-0.3, -0.25) is 0 Å². The van der Waals surface area contributed by atoms with Crippen LogP contribution in [0, 0.1) is 9.81 Å². The molecule has 0 aromatic heterocycles. The average Bonchev–Trinajstić information content (AvgIpc) is 2.16. The lowest BCUT2D eigenvalue weighted by Gasteiger charge is -2.32. The first-order valence-electron chi connectivity index (χ1n) is 4.21. The van der Waals surface area contributed by atoms with Crippen molar-refractivity contribution in [3.05, 3.63) is 9.81 Å². The van der Waals surface area contributed by atoms with E-state index in [1.165, 1.54) is 0 Å². The molecule has 0 amide bonds. The molecule has 0 bridgehead atoms. The molecule has 1 saturated heterocycles. The Balaban J connectivity index is 2.67. The Bertz CT molecular complexity index is 199. The number of aliphatic hydroxyl groups excluding tert-OH is 1. The molecule has 0 aromatic carbocycles.